The average Bonchev–Trinajstić information content (AvgIpc) is 2.47. The van der Waals surface area contributed by atoms with Gasteiger partial charge in [0.1, 0.15) is 10.7 Å². The van der Waals surface area contributed by atoms with Gasteiger partial charge in [0.05, 0.1) is 0 Å². The molecule has 1 aliphatic heterocycles. The number of benzene rings is 1. The number of hydrogen-bond acceptors (Lipinski definition) is 4. The summed E-state index contributed by atoms with van der Waals surface area (Å²) in [6, 6.07) is 3.57. The zero-order chi connectivity index (χ0) is 18.0. The lowest BCUT2D eigenvalue weighted by molar-refractivity contribution is -0.120. The molecular formula is C16H25ClFN3O3S. The maximum absolute atomic E-state index is 14.0. The van der Waals surface area contributed by atoms with Gasteiger partial charge in [0.25, 0.3) is 0 Å². The van der Waals surface area contributed by atoms with Crippen molar-refractivity contribution < 1.29 is 17.6 Å². The van der Waals surface area contributed by atoms with E-state index in [4.69, 9.17) is 0 Å². The Bertz CT molecular complexity index is 714. The molecule has 0 atom stereocenters. The Morgan fingerprint density at radius 1 is 1.24 bits per heavy atom. The van der Waals surface area contributed by atoms with E-state index in [0.29, 0.717) is 0 Å². The lowest BCUT2D eigenvalue weighted by Crippen LogP contribution is -2.40. The number of piperidine rings is 1. The van der Waals surface area contributed by atoms with Gasteiger partial charge in [-0.2, -0.15) is 0 Å². The Morgan fingerprint density at radius 3 is 2.40 bits per heavy atom. The fraction of sp³-hybridized carbons (Fsp3) is 0.562. The molecule has 1 aliphatic rings. The quantitative estimate of drug-likeness (QED) is 0.732. The van der Waals surface area contributed by atoms with Gasteiger partial charge in [0.15, 0.2) is 0 Å². The lowest BCUT2D eigenvalue weighted by Gasteiger charge is -2.22. The summed E-state index contributed by atoms with van der Waals surface area (Å²) >= 11 is 0. The van der Waals surface area contributed by atoms with Gasteiger partial charge >= 0.3 is 0 Å². The molecule has 0 aliphatic carbocycles. The van der Waals surface area contributed by atoms with Crippen LogP contribution in [-0.2, 0) is 14.8 Å². The van der Waals surface area contributed by atoms with Crippen molar-refractivity contribution in [2.45, 2.75) is 44.0 Å². The van der Waals surface area contributed by atoms with Crippen LogP contribution in [0.2, 0.25) is 0 Å². The maximum atomic E-state index is 14.0. The van der Waals surface area contributed by atoms with Crippen LogP contribution in [0.1, 0.15) is 33.6 Å². The number of amides is 1. The van der Waals surface area contributed by atoms with E-state index < -0.39 is 26.3 Å². The predicted octanol–water partition coefficient (Wildman–Crippen LogP) is 2.26. The highest BCUT2D eigenvalue weighted by Gasteiger charge is 2.26. The fourth-order valence-electron chi connectivity index (χ4n) is 2.57. The molecule has 2 rings (SSSR count). The summed E-state index contributed by atoms with van der Waals surface area (Å²) in [6.07, 6.45) is 1.45. The van der Waals surface area contributed by atoms with Gasteiger partial charge in [0.2, 0.25) is 15.9 Å². The minimum absolute atomic E-state index is 0. The van der Waals surface area contributed by atoms with Crippen LogP contribution < -0.4 is 15.4 Å². The fourth-order valence-corrected chi connectivity index (χ4v) is 4.10. The number of nitrogens with one attached hydrogen (secondary N) is 3. The van der Waals surface area contributed by atoms with Crippen molar-refractivity contribution in [3.63, 3.8) is 0 Å². The van der Waals surface area contributed by atoms with Crippen LogP contribution in [0.4, 0.5) is 10.1 Å². The Morgan fingerprint density at radius 2 is 1.84 bits per heavy atom. The van der Waals surface area contributed by atoms with Gasteiger partial charge in [-0.1, -0.05) is 0 Å². The minimum atomic E-state index is -4.02. The van der Waals surface area contributed by atoms with Gasteiger partial charge in [-0.05, 0) is 64.9 Å². The zero-order valence-corrected chi connectivity index (χ0v) is 16.2. The molecule has 9 heteroatoms. The highest BCUT2D eigenvalue weighted by atomic mass is 35.5. The Kier molecular flexibility index (Phi) is 7.37. The van der Waals surface area contributed by atoms with E-state index in [9.17, 15) is 17.6 Å². The molecule has 1 heterocycles. The molecule has 3 N–H and O–H groups in total. The summed E-state index contributed by atoms with van der Waals surface area (Å²) in [6.45, 7) is 6.56. The molecule has 1 aromatic rings. The highest BCUT2D eigenvalue weighted by Crippen LogP contribution is 2.22. The van der Waals surface area contributed by atoms with Crippen LogP contribution in [0.3, 0.4) is 0 Å². The van der Waals surface area contributed by atoms with Crippen LogP contribution in [0, 0.1) is 11.7 Å². The van der Waals surface area contributed by atoms with Crippen molar-refractivity contribution in [2.75, 3.05) is 18.4 Å². The Hall–Kier alpha value is -1.22. The zero-order valence-electron chi connectivity index (χ0n) is 14.6. The molecule has 142 valence electrons. The summed E-state index contributed by atoms with van der Waals surface area (Å²) in [4.78, 5) is 11.8. The summed E-state index contributed by atoms with van der Waals surface area (Å²) < 4.78 is 41.1. The van der Waals surface area contributed by atoms with E-state index in [1.165, 1.54) is 6.07 Å². The smallest absolute Gasteiger partial charge is 0.244 e. The van der Waals surface area contributed by atoms with Crippen LogP contribution in [0.25, 0.3) is 0 Å². The number of sulfonamides is 1. The van der Waals surface area contributed by atoms with Crippen molar-refractivity contribution in [1.29, 1.82) is 0 Å². The first-order chi connectivity index (χ1) is 11.1. The molecule has 1 fully saturated rings. The standard InChI is InChI=1S/C16H24FN3O3S.ClH/c1-16(2,3)20-24(22,23)14-10-12(4-5-13(14)17)19-15(21)11-6-8-18-9-7-11;/h4-5,10-11,18,20H,6-9H2,1-3H3,(H,19,21);1H. The van der Waals surface area contributed by atoms with Crippen molar-refractivity contribution >= 4 is 34.0 Å². The molecule has 1 saturated heterocycles. The third-order valence-corrected chi connectivity index (χ3v) is 5.41. The van der Waals surface area contributed by atoms with E-state index >= 15 is 0 Å². The number of carbonyl (C=O) groups is 1. The molecule has 0 aromatic heterocycles. The molecular weight excluding hydrogens is 369 g/mol. The van der Waals surface area contributed by atoms with Crippen LogP contribution in [0.15, 0.2) is 23.1 Å². The van der Waals surface area contributed by atoms with E-state index in [0.717, 1.165) is 38.1 Å². The van der Waals surface area contributed by atoms with E-state index in [1.54, 1.807) is 20.8 Å². The SMILES string of the molecule is CC(C)(C)NS(=O)(=O)c1cc(NC(=O)C2CCNCC2)ccc1F.Cl. The first-order valence-electron chi connectivity index (χ1n) is 7.94. The molecule has 0 bridgehead atoms. The summed E-state index contributed by atoms with van der Waals surface area (Å²) in [5, 5.41) is 5.86. The molecule has 0 spiro atoms. The second kappa shape index (κ2) is 8.44. The molecule has 0 radical (unpaired) electrons. The van der Waals surface area contributed by atoms with Crippen LogP contribution in [-0.4, -0.2) is 33.0 Å². The molecule has 25 heavy (non-hydrogen) atoms. The molecule has 6 nitrogen and oxygen atoms in total. The number of rotatable bonds is 4. The van der Waals surface area contributed by atoms with Crippen molar-refractivity contribution in [3.8, 4) is 0 Å². The van der Waals surface area contributed by atoms with Gasteiger partial charge < -0.3 is 10.6 Å². The Balaban J connectivity index is 0.00000312. The van der Waals surface area contributed by atoms with Crippen molar-refractivity contribution in [3.05, 3.63) is 24.0 Å². The summed E-state index contributed by atoms with van der Waals surface area (Å²) in [5.74, 6) is -1.15. The molecule has 0 saturated carbocycles. The minimum Gasteiger partial charge on any atom is -0.326 e. The summed E-state index contributed by atoms with van der Waals surface area (Å²) in [7, 11) is -4.02. The van der Waals surface area contributed by atoms with E-state index in [2.05, 4.69) is 15.4 Å². The van der Waals surface area contributed by atoms with Gasteiger partial charge in [-0.3, -0.25) is 4.79 Å². The monoisotopic (exact) mass is 393 g/mol. The number of halogens is 2. The summed E-state index contributed by atoms with van der Waals surface area (Å²) in [5.41, 5.74) is -0.464. The number of hydrogen-bond donors (Lipinski definition) is 3. The largest absolute Gasteiger partial charge is 0.326 e. The highest BCUT2D eigenvalue weighted by molar-refractivity contribution is 7.89. The first-order valence-corrected chi connectivity index (χ1v) is 9.42. The van der Waals surface area contributed by atoms with E-state index in [1.807, 2.05) is 0 Å². The number of anilines is 1. The van der Waals surface area contributed by atoms with Gasteiger partial charge in [0, 0.05) is 17.1 Å². The van der Waals surface area contributed by atoms with E-state index in [-0.39, 0.29) is 29.9 Å². The van der Waals surface area contributed by atoms with Gasteiger partial charge in [-0.15, -0.1) is 12.4 Å². The van der Waals surface area contributed by atoms with Crippen molar-refractivity contribution in [1.82, 2.24) is 10.0 Å². The molecule has 1 amide bonds. The third-order valence-electron chi connectivity index (χ3n) is 3.64. The van der Waals surface area contributed by atoms with Crippen LogP contribution >= 0.6 is 12.4 Å². The second-order valence-corrected chi connectivity index (χ2v) is 8.67. The Labute approximate surface area is 154 Å². The first kappa shape index (κ1) is 21.8. The maximum Gasteiger partial charge on any atom is 0.244 e. The van der Waals surface area contributed by atoms with Crippen molar-refractivity contribution in [2.24, 2.45) is 5.92 Å². The average molecular weight is 394 g/mol. The predicted molar refractivity (Wildman–Crippen MR) is 97.9 cm³/mol. The lowest BCUT2D eigenvalue weighted by atomic mass is 9.97. The topological polar surface area (TPSA) is 87.3 Å². The number of carbonyl (C=O) groups excluding carboxylic acids is 1. The third kappa shape index (κ3) is 6.22. The van der Waals surface area contributed by atoms with Gasteiger partial charge in [-0.25, -0.2) is 17.5 Å². The normalized spacial score (nSPS) is 16.2. The molecule has 0 unspecified atom stereocenters. The molecule has 1 aromatic carbocycles. The van der Waals surface area contributed by atoms with Crippen LogP contribution in [0.5, 0.6) is 0 Å². The second-order valence-electron chi connectivity index (χ2n) is 7.01.